The Morgan fingerprint density at radius 3 is 0.691 bits per heavy atom. The van der Waals surface area contributed by atoms with Crippen LogP contribution in [-0.2, 0) is 70.8 Å². The fourth-order valence-corrected chi connectivity index (χ4v) is 9.42. The minimum absolute atomic E-state index is 0.0227. The van der Waals surface area contributed by atoms with Crippen LogP contribution in [0.5, 0.6) is 0 Å². The number of ether oxygens (including phenoxy) is 4. The first kappa shape index (κ1) is 45.6. The van der Waals surface area contributed by atoms with Crippen molar-refractivity contribution >= 4 is 24.4 Å². The fourth-order valence-electron chi connectivity index (χ4n) is 9.42. The highest BCUT2D eigenvalue weighted by molar-refractivity contribution is 5.72. The number of hydrogen-bond acceptors (Lipinski definition) is 8. The van der Waals surface area contributed by atoms with Gasteiger partial charge in [-0.2, -0.15) is 0 Å². The van der Waals surface area contributed by atoms with Crippen LogP contribution in [0.2, 0.25) is 0 Å². The van der Waals surface area contributed by atoms with Crippen molar-refractivity contribution in [1.29, 1.82) is 0 Å². The van der Waals surface area contributed by atoms with E-state index in [4.69, 9.17) is 18.9 Å². The third kappa shape index (κ3) is 11.3. The highest BCUT2D eigenvalue weighted by Gasteiger charge is 2.37. The molecule has 6 aromatic rings. The zero-order valence-electron chi connectivity index (χ0n) is 38.0. The molecule has 4 aliphatic rings. The van der Waals surface area contributed by atoms with Crippen LogP contribution in [-0.4, -0.2) is 94.6 Å². The molecule has 6 aromatic carbocycles. The number of carbonyl (C=O) groups is 4. The molecular formula is C56H56N4O8. The van der Waals surface area contributed by atoms with E-state index in [1.54, 1.807) is 19.6 Å². The van der Waals surface area contributed by atoms with Gasteiger partial charge in [-0.05, 0) is 70.2 Å². The number of cyclic esters (lactones) is 4. The quantitative estimate of drug-likeness (QED) is 0.0882. The van der Waals surface area contributed by atoms with Crippen LogP contribution in [0.1, 0.15) is 44.5 Å². The zero-order chi connectivity index (χ0) is 46.7. The average molecular weight is 913 g/mol. The van der Waals surface area contributed by atoms with Gasteiger partial charge in [0.1, 0.15) is 26.4 Å². The van der Waals surface area contributed by atoms with E-state index in [0.29, 0.717) is 52.6 Å². The van der Waals surface area contributed by atoms with Gasteiger partial charge < -0.3 is 18.9 Å². The summed E-state index contributed by atoms with van der Waals surface area (Å²) >= 11 is 0. The Hall–Kier alpha value is -7.60. The van der Waals surface area contributed by atoms with E-state index in [9.17, 15) is 19.2 Å². The Bertz CT molecular complexity index is 2270. The summed E-state index contributed by atoms with van der Waals surface area (Å²) in [6.07, 6.45) is 1.80. The standard InChI is InChI=1S/2C28H28N2O4/c2*31-27-29(25(19-33-27)15-21-9-3-1-4-10-21)17-23-13-7-8-14-24(23)18-30-26(20-34-28(30)32)16-22-11-5-2-6-12-22/h2*1-14,25-26H,15-20H2/t2*25-,26-/m10/s1. The summed E-state index contributed by atoms with van der Waals surface area (Å²) < 4.78 is 21.6. The lowest BCUT2D eigenvalue weighted by molar-refractivity contribution is 0.153. The van der Waals surface area contributed by atoms with Crippen molar-refractivity contribution in [3.63, 3.8) is 0 Å². The topological polar surface area (TPSA) is 118 Å². The number of carbonyl (C=O) groups excluding carboxylic acids is 4. The number of amides is 4. The highest BCUT2D eigenvalue weighted by atomic mass is 16.6. The summed E-state index contributed by atoms with van der Waals surface area (Å²) in [6.45, 7) is 3.30. The number of nitrogens with zero attached hydrogens (tertiary/aromatic N) is 4. The van der Waals surface area contributed by atoms with Crippen molar-refractivity contribution in [2.75, 3.05) is 26.4 Å². The normalized spacial score (nSPS) is 19.9. The van der Waals surface area contributed by atoms with Gasteiger partial charge in [0.25, 0.3) is 0 Å². The molecule has 0 aromatic heterocycles. The summed E-state index contributed by atoms with van der Waals surface area (Å²) in [5.74, 6) is 0. The molecule has 4 heterocycles. The predicted molar refractivity (Wildman–Crippen MR) is 256 cm³/mol. The maximum Gasteiger partial charge on any atom is 0.410 e. The van der Waals surface area contributed by atoms with Crippen molar-refractivity contribution in [1.82, 2.24) is 19.6 Å². The second-order valence-corrected chi connectivity index (χ2v) is 17.7. The first-order valence-electron chi connectivity index (χ1n) is 23.4. The maximum atomic E-state index is 12.6. The number of benzene rings is 6. The molecule has 4 atom stereocenters. The molecule has 0 saturated carbocycles. The average Bonchev–Trinajstić information content (AvgIpc) is 4.11. The van der Waals surface area contributed by atoms with Gasteiger partial charge in [0.05, 0.1) is 24.2 Å². The monoisotopic (exact) mass is 912 g/mol. The van der Waals surface area contributed by atoms with Crippen LogP contribution >= 0.6 is 0 Å². The largest absolute Gasteiger partial charge is 0.447 e. The van der Waals surface area contributed by atoms with Crippen LogP contribution < -0.4 is 0 Å². The SMILES string of the molecule is O=C1OC[C@@H](Cc2ccccc2)N1Cc1ccccc1CN1C(=O)OC[C@H]1Cc1ccccc1.O=C1OC[C@H](Cc2ccccc2)N1Cc1ccccc1CN1C(=O)OC[C@@H]1Cc1ccccc1. The Balaban J connectivity index is 0.000000170. The number of rotatable bonds is 16. The summed E-state index contributed by atoms with van der Waals surface area (Å²) in [7, 11) is 0. The van der Waals surface area contributed by atoms with Gasteiger partial charge in [0, 0.05) is 26.2 Å². The van der Waals surface area contributed by atoms with Gasteiger partial charge >= 0.3 is 24.4 Å². The molecule has 4 saturated heterocycles. The molecule has 0 radical (unpaired) electrons. The molecule has 12 heteroatoms. The van der Waals surface area contributed by atoms with Crippen LogP contribution in [0.15, 0.2) is 170 Å². The molecule has 68 heavy (non-hydrogen) atoms. The molecule has 0 aliphatic carbocycles. The highest BCUT2D eigenvalue weighted by Crippen LogP contribution is 2.28. The van der Waals surface area contributed by atoms with E-state index in [2.05, 4.69) is 48.5 Å². The van der Waals surface area contributed by atoms with Gasteiger partial charge in [-0.1, -0.05) is 170 Å². The van der Waals surface area contributed by atoms with Gasteiger partial charge in [0.15, 0.2) is 0 Å². The Kier molecular flexibility index (Phi) is 14.6. The van der Waals surface area contributed by atoms with E-state index in [0.717, 1.165) is 47.9 Å². The summed E-state index contributed by atoms with van der Waals surface area (Å²) in [5.41, 5.74) is 8.74. The van der Waals surface area contributed by atoms with E-state index in [1.807, 2.05) is 121 Å². The summed E-state index contributed by atoms with van der Waals surface area (Å²) in [4.78, 5) is 57.5. The van der Waals surface area contributed by atoms with Crippen molar-refractivity contribution in [2.24, 2.45) is 0 Å². The van der Waals surface area contributed by atoms with E-state index < -0.39 is 0 Å². The van der Waals surface area contributed by atoms with Gasteiger partial charge in [-0.15, -0.1) is 0 Å². The van der Waals surface area contributed by atoms with Crippen molar-refractivity contribution in [3.8, 4) is 0 Å². The minimum atomic E-state index is -0.293. The first-order chi connectivity index (χ1) is 33.3. The second kappa shape index (κ2) is 21.8. The minimum Gasteiger partial charge on any atom is -0.447 e. The molecule has 0 unspecified atom stereocenters. The summed E-state index contributed by atoms with van der Waals surface area (Å²) in [6, 6.07) is 56.4. The molecule has 4 fully saturated rings. The van der Waals surface area contributed by atoms with Gasteiger partial charge in [-0.25, -0.2) is 19.2 Å². The first-order valence-corrected chi connectivity index (χ1v) is 23.4. The molecule has 4 amide bonds. The molecular weight excluding hydrogens is 857 g/mol. The summed E-state index contributed by atoms with van der Waals surface area (Å²) in [5, 5.41) is 0. The van der Waals surface area contributed by atoms with E-state index in [-0.39, 0.29) is 48.5 Å². The van der Waals surface area contributed by atoms with E-state index in [1.165, 1.54) is 22.3 Å². The van der Waals surface area contributed by atoms with Crippen LogP contribution in [0.25, 0.3) is 0 Å². The Morgan fingerprint density at radius 2 is 0.485 bits per heavy atom. The lowest BCUT2D eigenvalue weighted by Gasteiger charge is -2.25. The van der Waals surface area contributed by atoms with Gasteiger partial charge in [0.2, 0.25) is 0 Å². The predicted octanol–water partition coefficient (Wildman–Crippen LogP) is 9.63. The molecule has 10 rings (SSSR count). The van der Waals surface area contributed by atoms with Crippen molar-refractivity contribution in [2.45, 2.75) is 76.0 Å². The smallest absolute Gasteiger partial charge is 0.410 e. The third-order valence-electron chi connectivity index (χ3n) is 13.2. The molecule has 0 spiro atoms. The zero-order valence-corrected chi connectivity index (χ0v) is 38.0. The Labute approximate surface area is 397 Å². The lowest BCUT2D eigenvalue weighted by atomic mass is 10.0. The fraction of sp³-hybridized carbons (Fsp3) is 0.286. The van der Waals surface area contributed by atoms with Crippen molar-refractivity contribution < 1.29 is 38.1 Å². The van der Waals surface area contributed by atoms with Crippen LogP contribution in [0, 0.1) is 0 Å². The number of hydrogen-bond donors (Lipinski definition) is 0. The molecule has 0 bridgehead atoms. The van der Waals surface area contributed by atoms with Gasteiger partial charge in [-0.3, -0.25) is 19.6 Å². The lowest BCUT2D eigenvalue weighted by Crippen LogP contribution is -2.36. The third-order valence-corrected chi connectivity index (χ3v) is 13.2. The van der Waals surface area contributed by atoms with E-state index >= 15 is 0 Å². The second-order valence-electron chi connectivity index (χ2n) is 17.7. The molecule has 0 N–H and O–H groups in total. The van der Waals surface area contributed by atoms with Crippen LogP contribution in [0.4, 0.5) is 19.2 Å². The molecule has 4 aliphatic heterocycles. The maximum absolute atomic E-state index is 12.6. The Morgan fingerprint density at radius 1 is 0.294 bits per heavy atom. The van der Waals surface area contributed by atoms with Crippen LogP contribution in [0.3, 0.4) is 0 Å². The molecule has 348 valence electrons. The molecule has 12 nitrogen and oxygen atoms in total. The van der Waals surface area contributed by atoms with Crippen molar-refractivity contribution in [3.05, 3.63) is 214 Å².